The topological polar surface area (TPSA) is 76.6 Å². The summed E-state index contributed by atoms with van der Waals surface area (Å²) in [4.78, 5) is 33.9. The van der Waals surface area contributed by atoms with Gasteiger partial charge in [-0.1, -0.05) is 12.1 Å². The summed E-state index contributed by atoms with van der Waals surface area (Å²) in [6.45, 7) is 3.82. The molecule has 3 heterocycles. The molecule has 34 heavy (non-hydrogen) atoms. The van der Waals surface area contributed by atoms with Gasteiger partial charge in [-0.3, -0.25) is 14.5 Å². The minimum absolute atomic E-state index is 0.0696. The first-order valence-corrected chi connectivity index (χ1v) is 13.1. The summed E-state index contributed by atoms with van der Waals surface area (Å²) in [6.07, 6.45) is 7.61. The fraction of sp³-hybridized carbons (Fsp3) is 0.571. The molecule has 6 nitrogen and oxygen atoms in total. The van der Waals surface area contributed by atoms with Crippen LogP contribution in [0.4, 0.5) is 0 Å². The van der Waals surface area contributed by atoms with Gasteiger partial charge in [-0.2, -0.15) is 0 Å². The highest BCUT2D eigenvalue weighted by Crippen LogP contribution is 2.60. The van der Waals surface area contributed by atoms with Crippen molar-refractivity contribution in [3.63, 3.8) is 0 Å². The molecule has 2 aliphatic heterocycles. The van der Waals surface area contributed by atoms with Crippen molar-refractivity contribution >= 4 is 5.91 Å². The highest BCUT2D eigenvalue weighted by atomic mass is 16.3. The van der Waals surface area contributed by atoms with Crippen LogP contribution in [0, 0.1) is 17.8 Å². The molecule has 2 saturated carbocycles. The van der Waals surface area contributed by atoms with Gasteiger partial charge in [-0.05, 0) is 92.0 Å². The van der Waals surface area contributed by atoms with Crippen LogP contribution in [0.1, 0.15) is 59.3 Å². The van der Waals surface area contributed by atoms with Gasteiger partial charge in [0.05, 0.1) is 0 Å². The van der Waals surface area contributed by atoms with Gasteiger partial charge in [-0.15, -0.1) is 0 Å². The first-order chi connectivity index (χ1) is 16.5. The number of likely N-dealkylation sites (tertiary alicyclic amines) is 2. The Morgan fingerprint density at radius 1 is 1.18 bits per heavy atom. The lowest BCUT2D eigenvalue weighted by Crippen LogP contribution is -2.55. The zero-order chi connectivity index (χ0) is 23.0. The Hall–Kier alpha value is -2.60. The molecule has 1 unspecified atom stereocenters. The molecule has 7 rings (SSSR count). The fourth-order valence-corrected chi connectivity index (χ4v) is 7.88. The second-order valence-corrected chi connectivity index (χ2v) is 11.5. The summed E-state index contributed by atoms with van der Waals surface area (Å²) in [5.74, 6) is 2.01. The molecule has 5 aliphatic rings. The number of rotatable bonds is 4. The summed E-state index contributed by atoms with van der Waals surface area (Å²) in [5, 5.41) is 10.3. The van der Waals surface area contributed by atoms with Gasteiger partial charge < -0.3 is 15.0 Å². The van der Waals surface area contributed by atoms with Gasteiger partial charge >= 0.3 is 0 Å². The van der Waals surface area contributed by atoms with E-state index in [0.29, 0.717) is 29.2 Å². The number of aromatic hydroxyl groups is 1. The van der Waals surface area contributed by atoms with E-state index in [1.807, 2.05) is 23.1 Å². The highest BCUT2D eigenvalue weighted by molar-refractivity contribution is 5.94. The molecule has 0 radical (unpaired) electrons. The number of amides is 1. The summed E-state index contributed by atoms with van der Waals surface area (Å²) < 4.78 is 0. The van der Waals surface area contributed by atoms with Crippen molar-refractivity contribution in [1.82, 2.24) is 14.8 Å². The van der Waals surface area contributed by atoms with Crippen LogP contribution in [-0.2, 0) is 18.3 Å². The number of H-pyrrole nitrogens is 1. The second-order valence-electron chi connectivity index (χ2n) is 11.5. The third kappa shape index (κ3) is 3.03. The molecule has 2 saturated heterocycles. The average Bonchev–Trinajstić information content (AvgIpc) is 3.22. The highest BCUT2D eigenvalue weighted by Gasteiger charge is 2.63. The molecule has 2 N–H and O–H groups in total. The second kappa shape index (κ2) is 7.45. The van der Waals surface area contributed by atoms with Gasteiger partial charge in [0, 0.05) is 43.3 Å². The van der Waals surface area contributed by atoms with Gasteiger partial charge in [0.1, 0.15) is 11.3 Å². The number of hydrogen-bond donors (Lipinski definition) is 2. The van der Waals surface area contributed by atoms with Crippen LogP contribution < -0.4 is 5.56 Å². The molecule has 2 bridgehead atoms. The maximum Gasteiger partial charge on any atom is 0.261 e. The molecule has 3 aliphatic carbocycles. The molecule has 2 aromatic rings. The first-order valence-electron chi connectivity index (χ1n) is 13.1. The fourth-order valence-electron chi connectivity index (χ4n) is 7.88. The Labute approximate surface area is 200 Å². The minimum Gasteiger partial charge on any atom is -0.508 e. The van der Waals surface area contributed by atoms with Crippen LogP contribution in [0.2, 0.25) is 0 Å². The maximum absolute atomic E-state index is 13.1. The van der Waals surface area contributed by atoms with Gasteiger partial charge in [0.25, 0.3) is 11.5 Å². The Morgan fingerprint density at radius 3 is 2.76 bits per heavy atom. The van der Waals surface area contributed by atoms with E-state index in [1.54, 1.807) is 6.07 Å². The number of phenols is 1. The van der Waals surface area contributed by atoms with Crippen molar-refractivity contribution in [2.24, 2.45) is 17.8 Å². The molecular formula is C28H33N3O3. The molecule has 1 amide bonds. The van der Waals surface area contributed by atoms with Gasteiger partial charge in [0.15, 0.2) is 0 Å². The summed E-state index contributed by atoms with van der Waals surface area (Å²) >= 11 is 0. The van der Waals surface area contributed by atoms with Crippen molar-refractivity contribution in [3.05, 3.63) is 63.1 Å². The zero-order valence-corrected chi connectivity index (χ0v) is 19.6. The summed E-state index contributed by atoms with van der Waals surface area (Å²) in [5.41, 5.74) is 3.33. The molecule has 1 aromatic carbocycles. The monoisotopic (exact) mass is 459 g/mol. The Balaban J connectivity index is 1.30. The lowest BCUT2D eigenvalue weighted by atomic mass is 9.58. The van der Waals surface area contributed by atoms with Crippen LogP contribution in [0.5, 0.6) is 5.75 Å². The van der Waals surface area contributed by atoms with Gasteiger partial charge in [-0.25, -0.2) is 0 Å². The van der Waals surface area contributed by atoms with Gasteiger partial charge in [0.2, 0.25) is 0 Å². The quantitative estimate of drug-likeness (QED) is 0.737. The Morgan fingerprint density at radius 2 is 2.00 bits per heavy atom. The predicted molar refractivity (Wildman–Crippen MR) is 129 cm³/mol. The van der Waals surface area contributed by atoms with E-state index in [4.69, 9.17) is 0 Å². The molecule has 6 heteroatoms. The molecule has 0 spiro atoms. The Kier molecular flexibility index (Phi) is 4.54. The number of piperidine rings is 1. The van der Waals surface area contributed by atoms with E-state index in [1.165, 1.54) is 31.4 Å². The number of pyridine rings is 1. The average molecular weight is 460 g/mol. The third-order valence-electron chi connectivity index (χ3n) is 9.63. The van der Waals surface area contributed by atoms with Crippen LogP contribution >= 0.6 is 0 Å². The number of carbonyl (C=O) groups is 1. The standard InChI is InChI=1S/C28H33N3O3/c32-21-5-3-4-19(12-21)28-14-24-18(10-22(26(33)29-24)27(34)30-8-1-2-9-30)11-23(28)25-13-20(28)16-31(25)15-17-6-7-17/h3-5,10,12,17,20,23,25,32H,1-2,6-9,11,13-16H2,(H,29,33)/t20?,23-,25+,28+/m0/s1. The van der Waals surface area contributed by atoms with Crippen molar-refractivity contribution in [3.8, 4) is 5.75 Å². The zero-order valence-electron chi connectivity index (χ0n) is 19.6. The molecule has 4 atom stereocenters. The van der Waals surface area contributed by atoms with Crippen molar-refractivity contribution in [2.45, 2.75) is 56.4 Å². The van der Waals surface area contributed by atoms with E-state index < -0.39 is 0 Å². The Bertz CT molecular complexity index is 1210. The number of nitrogens with zero attached hydrogens (tertiary/aromatic N) is 2. The van der Waals surface area contributed by atoms with Crippen molar-refractivity contribution in [2.75, 3.05) is 26.2 Å². The molecule has 178 valence electrons. The first kappa shape index (κ1) is 20.7. The number of aromatic nitrogens is 1. The SMILES string of the molecule is O=C(c1cc2c([nH]c1=O)C[C@@]1(c3cccc(O)c3)C3C[C@H]([C@@H]1C2)N(CC1CC1)C3)N1CCCC1. The number of hydrogen-bond acceptors (Lipinski definition) is 4. The lowest BCUT2D eigenvalue weighted by Gasteiger charge is -2.51. The largest absolute Gasteiger partial charge is 0.508 e. The van der Waals surface area contributed by atoms with E-state index >= 15 is 0 Å². The van der Waals surface area contributed by atoms with Crippen LogP contribution in [0.3, 0.4) is 0 Å². The summed E-state index contributed by atoms with van der Waals surface area (Å²) in [6, 6.07) is 10.3. The van der Waals surface area contributed by atoms with Crippen molar-refractivity contribution < 1.29 is 9.90 Å². The van der Waals surface area contributed by atoms with Crippen LogP contribution in [0.25, 0.3) is 0 Å². The maximum atomic E-state index is 13.1. The van der Waals surface area contributed by atoms with Crippen molar-refractivity contribution in [1.29, 1.82) is 0 Å². The number of carbonyl (C=O) groups excluding carboxylic acids is 1. The van der Waals surface area contributed by atoms with E-state index in [9.17, 15) is 14.7 Å². The van der Waals surface area contributed by atoms with Crippen LogP contribution in [0.15, 0.2) is 35.1 Å². The molecule has 1 aromatic heterocycles. The number of nitrogens with one attached hydrogen (secondary N) is 1. The number of phenolic OH excluding ortho intramolecular Hbond substituents is 1. The van der Waals surface area contributed by atoms with Crippen LogP contribution in [-0.4, -0.2) is 58.0 Å². The number of aromatic amines is 1. The van der Waals surface area contributed by atoms with E-state index in [2.05, 4.69) is 16.0 Å². The predicted octanol–water partition coefficient (Wildman–Crippen LogP) is 3.08. The smallest absolute Gasteiger partial charge is 0.261 e. The lowest BCUT2D eigenvalue weighted by molar-refractivity contribution is 0.0685. The molecule has 4 fully saturated rings. The van der Waals surface area contributed by atoms with E-state index in [-0.39, 0.29) is 16.9 Å². The summed E-state index contributed by atoms with van der Waals surface area (Å²) in [7, 11) is 0. The number of fused-ring (bicyclic) bond motifs is 6. The van der Waals surface area contributed by atoms with E-state index in [0.717, 1.165) is 62.5 Å². The third-order valence-corrected chi connectivity index (χ3v) is 9.63. The minimum atomic E-state index is -0.251. The normalized spacial score (nSPS) is 32.1. The number of benzene rings is 1. The molecular weight excluding hydrogens is 426 g/mol.